The maximum Gasteiger partial charge on any atom is 0.225 e. The Kier molecular flexibility index (Phi) is 5.90. The predicted octanol–water partition coefficient (Wildman–Crippen LogP) is 1.08. The fraction of sp³-hybridized carbons (Fsp3) is 0.562. The standard InChI is InChI=1S/C16H24N2O5S2/c1-12-8-13(2)10-14(9-12)17-16(19)4-6-18(24(3,20)21)15-5-7-25(22,23)11-15/h8-10,15H,4-7,11H2,1-3H3,(H,17,19). The lowest BCUT2D eigenvalue weighted by Crippen LogP contribution is -2.42. The number of aryl methyl sites for hydroxylation is 2. The van der Waals surface area contributed by atoms with E-state index in [4.69, 9.17) is 0 Å². The Bertz CT molecular complexity index is 842. The summed E-state index contributed by atoms with van der Waals surface area (Å²) < 4.78 is 48.3. The van der Waals surface area contributed by atoms with Crippen LogP contribution in [0.2, 0.25) is 0 Å². The molecule has 9 heteroatoms. The molecule has 1 aromatic rings. The third-order valence-corrected chi connectivity index (χ3v) is 7.19. The predicted molar refractivity (Wildman–Crippen MR) is 97.8 cm³/mol. The van der Waals surface area contributed by atoms with Gasteiger partial charge in [-0.2, -0.15) is 4.31 Å². The molecule has 1 aromatic carbocycles. The van der Waals surface area contributed by atoms with Crippen molar-refractivity contribution < 1.29 is 21.6 Å². The third-order valence-electron chi connectivity index (χ3n) is 4.11. The number of nitrogens with zero attached hydrogens (tertiary/aromatic N) is 1. The molecule has 2 rings (SSSR count). The molecule has 25 heavy (non-hydrogen) atoms. The molecule has 0 saturated carbocycles. The second kappa shape index (κ2) is 7.43. The largest absolute Gasteiger partial charge is 0.326 e. The van der Waals surface area contributed by atoms with Crippen LogP contribution < -0.4 is 5.32 Å². The Labute approximate surface area is 149 Å². The topological polar surface area (TPSA) is 101 Å². The number of hydrogen-bond acceptors (Lipinski definition) is 5. The second-order valence-electron chi connectivity index (χ2n) is 6.61. The lowest BCUT2D eigenvalue weighted by Gasteiger charge is -2.25. The van der Waals surface area contributed by atoms with E-state index in [2.05, 4.69) is 5.32 Å². The van der Waals surface area contributed by atoms with Gasteiger partial charge in [0.2, 0.25) is 15.9 Å². The highest BCUT2D eigenvalue weighted by atomic mass is 32.2. The summed E-state index contributed by atoms with van der Waals surface area (Å²) in [4.78, 5) is 12.2. The van der Waals surface area contributed by atoms with Crippen LogP contribution in [0.3, 0.4) is 0 Å². The molecule has 1 N–H and O–H groups in total. The van der Waals surface area contributed by atoms with E-state index in [0.717, 1.165) is 21.7 Å². The molecule has 0 radical (unpaired) electrons. The molecule has 0 bridgehead atoms. The number of amides is 1. The van der Waals surface area contributed by atoms with Gasteiger partial charge in [-0.3, -0.25) is 4.79 Å². The van der Waals surface area contributed by atoms with Crippen LogP contribution >= 0.6 is 0 Å². The van der Waals surface area contributed by atoms with Crippen LogP contribution in [0.25, 0.3) is 0 Å². The van der Waals surface area contributed by atoms with E-state index >= 15 is 0 Å². The summed E-state index contributed by atoms with van der Waals surface area (Å²) in [6.45, 7) is 3.82. The number of rotatable bonds is 6. The van der Waals surface area contributed by atoms with Gasteiger partial charge < -0.3 is 5.32 Å². The van der Waals surface area contributed by atoms with Gasteiger partial charge in [-0.1, -0.05) is 6.07 Å². The maximum atomic E-state index is 12.2. The number of benzene rings is 1. The minimum Gasteiger partial charge on any atom is -0.326 e. The number of sulfonamides is 1. The van der Waals surface area contributed by atoms with Crippen LogP contribution in [0.1, 0.15) is 24.0 Å². The highest BCUT2D eigenvalue weighted by Gasteiger charge is 2.36. The highest BCUT2D eigenvalue weighted by molar-refractivity contribution is 7.92. The van der Waals surface area contributed by atoms with Gasteiger partial charge in [-0.05, 0) is 43.5 Å². The van der Waals surface area contributed by atoms with Gasteiger partial charge in [-0.25, -0.2) is 16.8 Å². The third kappa shape index (κ3) is 5.79. The molecule has 1 fully saturated rings. The highest BCUT2D eigenvalue weighted by Crippen LogP contribution is 2.21. The van der Waals surface area contributed by atoms with Crippen molar-refractivity contribution in [1.82, 2.24) is 4.31 Å². The molecule has 0 spiro atoms. The lowest BCUT2D eigenvalue weighted by atomic mass is 10.1. The summed E-state index contributed by atoms with van der Waals surface area (Å²) >= 11 is 0. The molecular formula is C16H24N2O5S2. The van der Waals surface area contributed by atoms with Crippen LogP contribution in [0, 0.1) is 13.8 Å². The fourth-order valence-electron chi connectivity index (χ4n) is 3.10. The minimum atomic E-state index is -3.59. The van der Waals surface area contributed by atoms with Crippen molar-refractivity contribution in [3.63, 3.8) is 0 Å². The van der Waals surface area contributed by atoms with Gasteiger partial charge >= 0.3 is 0 Å². The molecule has 1 unspecified atom stereocenters. The van der Waals surface area contributed by atoms with Gasteiger partial charge in [-0.15, -0.1) is 0 Å². The molecule has 1 aliphatic heterocycles. The molecule has 1 aliphatic rings. The first-order valence-electron chi connectivity index (χ1n) is 8.02. The van der Waals surface area contributed by atoms with E-state index in [1.807, 2.05) is 32.0 Å². The number of carbonyl (C=O) groups is 1. The van der Waals surface area contributed by atoms with Crippen molar-refractivity contribution in [2.24, 2.45) is 0 Å². The molecule has 1 atom stereocenters. The van der Waals surface area contributed by atoms with Crippen LogP contribution in [-0.4, -0.2) is 57.4 Å². The second-order valence-corrected chi connectivity index (χ2v) is 10.8. The molecule has 0 aromatic heterocycles. The van der Waals surface area contributed by atoms with Gasteiger partial charge in [0.25, 0.3) is 0 Å². The van der Waals surface area contributed by atoms with Gasteiger partial charge in [0.15, 0.2) is 9.84 Å². The lowest BCUT2D eigenvalue weighted by molar-refractivity contribution is -0.116. The fourth-order valence-corrected chi connectivity index (χ4v) is 6.07. The van der Waals surface area contributed by atoms with E-state index in [9.17, 15) is 21.6 Å². The Hall–Kier alpha value is -1.45. The van der Waals surface area contributed by atoms with E-state index in [1.165, 1.54) is 0 Å². The van der Waals surface area contributed by atoms with Gasteiger partial charge in [0.1, 0.15) is 0 Å². The maximum absolute atomic E-state index is 12.2. The van der Waals surface area contributed by atoms with E-state index in [0.29, 0.717) is 5.69 Å². The first kappa shape index (κ1) is 19.9. The number of anilines is 1. The number of nitrogens with one attached hydrogen (secondary N) is 1. The average molecular weight is 389 g/mol. The summed E-state index contributed by atoms with van der Waals surface area (Å²) in [5, 5.41) is 2.76. The number of sulfone groups is 1. The van der Waals surface area contributed by atoms with Crippen molar-refractivity contribution in [2.45, 2.75) is 32.7 Å². The van der Waals surface area contributed by atoms with Crippen LogP contribution in [0.4, 0.5) is 5.69 Å². The molecule has 7 nitrogen and oxygen atoms in total. The quantitative estimate of drug-likeness (QED) is 0.786. The van der Waals surface area contributed by atoms with E-state index < -0.39 is 25.9 Å². The Morgan fingerprint density at radius 3 is 2.32 bits per heavy atom. The minimum absolute atomic E-state index is 0.0154. The number of hydrogen-bond donors (Lipinski definition) is 1. The average Bonchev–Trinajstić information content (AvgIpc) is 2.76. The monoisotopic (exact) mass is 388 g/mol. The van der Waals surface area contributed by atoms with E-state index in [1.54, 1.807) is 0 Å². The zero-order valence-electron chi connectivity index (χ0n) is 14.6. The molecule has 0 aliphatic carbocycles. The molecule has 140 valence electrons. The zero-order valence-corrected chi connectivity index (χ0v) is 16.3. The summed E-state index contributed by atoms with van der Waals surface area (Å²) in [6.07, 6.45) is 1.28. The SMILES string of the molecule is Cc1cc(C)cc(NC(=O)CCN(C2CCS(=O)(=O)C2)S(C)(=O)=O)c1. The Balaban J connectivity index is 2.02. The Morgan fingerprint density at radius 2 is 1.84 bits per heavy atom. The molecule has 1 saturated heterocycles. The summed E-state index contributed by atoms with van der Waals surface area (Å²) in [5.74, 6) is -0.503. The smallest absolute Gasteiger partial charge is 0.225 e. The van der Waals surface area contributed by atoms with Crippen LogP contribution in [-0.2, 0) is 24.7 Å². The van der Waals surface area contributed by atoms with Crippen LogP contribution in [0.15, 0.2) is 18.2 Å². The summed E-state index contributed by atoms with van der Waals surface area (Å²) in [6, 6.07) is 5.07. The molecule has 1 heterocycles. The molecular weight excluding hydrogens is 364 g/mol. The first-order chi connectivity index (χ1) is 11.5. The molecule has 1 amide bonds. The van der Waals surface area contributed by atoms with Crippen molar-refractivity contribution >= 4 is 31.5 Å². The normalized spacial score (nSPS) is 19.9. The summed E-state index contributed by atoms with van der Waals surface area (Å²) in [7, 11) is -6.80. The van der Waals surface area contributed by atoms with E-state index in [-0.39, 0.29) is 36.8 Å². The summed E-state index contributed by atoms with van der Waals surface area (Å²) in [5.41, 5.74) is 2.70. The van der Waals surface area contributed by atoms with Crippen LogP contribution in [0.5, 0.6) is 0 Å². The van der Waals surface area contributed by atoms with Crippen molar-refractivity contribution in [3.8, 4) is 0 Å². The van der Waals surface area contributed by atoms with Crippen molar-refractivity contribution in [2.75, 3.05) is 29.6 Å². The number of carbonyl (C=O) groups excluding carboxylic acids is 1. The van der Waals surface area contributed by atoms with Gasteiger partial charge in [0.05, 0.1) is 17.8 Å². The Morgan fingerprint density at radius 1 is 1.24 bits per heavy atom. The van der Waals surface area contributed by atoms with Crippen molar-refractivity contribution in [1.29, 1.82) is 0 Å². The zero-order chi connectivity index (χ0) is 18.8. The van der Waals surface area contributed by atoms with Crippen molar-refractivity contribution in [3.05, 3.63) is 29.3 Å². The first-order valence-corrected chi connectivity index (χ1v) is 11.7. The van der Waals surface area contributed by atoms with Gasteiger partial charge in [0, 0.05) is 24.7 Å².